The Balaban J connectivity index is 1.29. The number of ether oxygens (including phenoxy) is 1. The Hall–Kier alpha value is -4.08. The fourth-order valence-corrected chi connectivity index (χ4v) is 4.40. The summed E-state index contributed by atoms with van der Waals surface area (Å²) in [5, 5.41) is 3.01. The van der Waals surface area contributed by atoms with Crippen molar-refractivity contribution >= 4 is 17.2 Å². The number of hydrogen-bond acceptors (Lipinski definition) is 4. The van der Waals surface area contributed by atoms with Crippen LogP contribution in [0.15, 0.2) is 67.0 Å². The molecule has 1 aliphatic heterocycles. The molecular weight excluding hydrogens is 448 g/mol. The number of anilines is 1. The maximum atomic E-state index is 13.0. The standard InChI is InChI=1S/C30H30N4O2/c1-21-7-8-24(19-23(21)9-11-26-20-31-29-6-4-5-15-34(26)29)30(35)32-25-10-12-28(22(2)18-25)36-27-13-16-33(3)17-14-27/h4-8,10,12,15,18-20,27H,13-14,16-17H2,1-3H3,(H,32,35). The van der Waals surface area contributed by atoms with E-state index < -0.39 is 0 Å². The van der Waals surface area contributed by atoms with Gasteiger partial charge in [-0.25, -0.2) is 4.98 Å². The first kappa shape index (κ1) is 23.7. The average molecular weight is 479 g/mol. The minimum atomic E-state index is -0.170. The average Bonchev–Trinajstić information content (AvgIpc) is 3.29. The summed E-state index contributed by atoms with van der Waals surface area (Å²) < 4.78 is 8.18. The van der Waals surface area contributed by atoms with Gasteiger partial charge in [0, 0.05) is 36.1 Å². The normalized spacial score (nSPS) is 14.3. The van der Waals surface area contributed by atoms with Gasteiger partial charge in [-0.2, -0.15) is 0 Å². The molecule has 0 aliphatic carbocycles. The van der Waals surface area contributed by atoms with Crippen LogP contribution < -0.4 is 10.1 Å². The van der Waals surface area contributed by atoms with Gasteiger partial charge >= 0.3 is 0 Å². The fraction of sp³-hybridized carbons (Fsp3) is 0.267. The lowest BCUT2D eigenvalue weighted by molar-refractivity contribution is 0.102. The lowest BCUT2D eigenvalue weighted by Gasteiger charge is -2.29. The number of piperidine rings is 1. The molecule has 6 nitrogen and oxygen atoms in total. The van der Waals surface area contributed by atoms with Crippen molar-refractivity contribution < 1.29 is 9.53 Å². The summed E-state index contributed by atoms with van der Waals surface area (Å²) in [7, 11) is 2.14. The number of carbonyl (C=O) groups excluding carboxylic acids is 1. The van der Waals surface area contributed by atoms with Crippen molar-refractivity contribution in [2.24, 2.45) is 0 Å². The predicted molar refractivity (Wildman–Crippen MR) is 143 cm³/mol. The zero-order valence-electron chi connectivity index (χ0n) is 20.9. The highest BCUT2D eigenvalue weighted by atomic mass is 16.5. The molecule has 4 aromatic rings. The Kier molecular flexibility index (Phi) is 6.75. The minimum Gasteiger partial charge on any atom is -0.490 e. The molecule has 0 bridgehead atoms. The van der Waals surface area contributed by atoms with Crippen LogP contribution in [0.25, 0.3) is 5.65 Å². The highest BCUT2D eigenvalue weighted by Crippen LogP contribution is 2.26. The molecule has 0 radical (unpaired) electrons. The van der Waals surface area contributed by atoms with Crippen LogP contribution in [0.4, 0.5) is 5.69 Å². The molecule has 1 N–H and O–H groups in total. The van der Waals surface area contributed by atoms with Gasteiger partial charge in [0.1, 0.15) is 23.2 Å². The molecule has 1 aliphatic rings. The first-order valence-corrected chi connectivity index (χ1v) is 12.3. The molecule has 1 fully saturated rings. The fourth-order valence-electron chi connectivity index (χ4n) is 4.40. The maximum absolute atomic E-state index is 13.0. The first-order chi connectivity index (χ1) is 17.5. The largest absolute Gasteiger partial charge is 0.490 e. The maximum Gasteiger partial charge on any atom is 0.255 e. The third-order valence-electron chi connectivity index (χ3n) is 6.63. The Morgan fingerprint density at radius 2 is 1.86 bits per heavy atom. The number of amides is 1. The highest BCUT2D eigenvalue weighted by Gasteiger charge is 2.19. The number of imidazole rings is 1. The van der Waals surface area contributed by atoms with Crippen molar-refractivity contribution in [3.8, 4) is 17.6 Å². The van der Waals surface area contributed by atoms with Crippen molar-refractivity contribution in [1.82, 2.24) is 14.3 Å². The molecule has 36 heavy (non-hydrogen) atoms. The Bertz CT molecular complexity index is 1470. The van der Waals surface area contributed by atoms with Gasteiger partial charge in [-0.15, -0.1) is 0 Å². The molecule has 3 heterocycles. The summed E-state index contributed by atoms with van der Waals surface area (Å²) >= 11 is 0. The van der Waals surface area contributed by atoms with E-state index in [9.17, 15) is 4.79 Å². The van der Waals surface area contributed by atoms with Crippen molar-refractivity contribution in [2.45, 2.75) is 32.8 Å². The second-order valence-electron chi connectivity index (χ2n) is 9.41. The third kappa shape index (κ3) is 5.27. The summed E-state index contributed by atoms with van der Waals surface area (Å²) in [6, 6.07) is 17.2. The quantitative estimate of drug-likeness (QED) is 0.416. The van der Waals surface area contributed by atoms with Crippen LogP contribution in [0.2, 0.25) is 0 Å². The second-order valence-corrected chi connectivity index (χ2v) is 9.41. The van der Waals surface area contributed by atoms with Crippen LogP contribution in [0.3, 0.4) is 0 Å². The number of fused-ring (bicyclic) bond motifs is 1. The molecule has 1 saturated heterocycles. The van der Waals surface area contributed by atoms with Crippen LogP contribution in [0.1, 0.15) is 45.6 Å². The van der Waals surface area contributed by atoms with E-state index in [1.807, 2.05) is 79.0 Å². The van der Waals surface area contributed by atoms with Gasteiger partial charge in [0.05, 0.1) is 6.20 Å². The number of aryl methyl sites for hydroxylation is 2. The lowest BCUT2D eigenvalue weighted by atomic mass is 10.0. The number of hydrogen-bond donors (Lipinski definition) is 1. The van der Waals surface area contributed by atoms with Gasteiger partial charge in [-0.1, -0.05) is 18.1 Å². The predicted octanol–water partition coefficient (Wildman–Crippen LogP) is 5.08. The van der Waals surface area contributed by atoms with Gasteiger partial charge in [0.25, 0.3) is 5.91 Å². The molecule has 1 amide bonds. The second kappa shape index (κ2) is 10.3. The molecule has 2 aromatic heterocycles. The summed E-state index contributed by atoms with van der Waals surface area (Å²) in [4.78, 5) is 19.7. The number of benzene rings is 2. The van der Waals surface area contributed by atoms with Gasteiger partial charge < -0.3 is 15.0 Å². The van der Waals surface area contributed by atoms with E-state index in [4.69, 9.17) is 4.74 Å². The van der Waals surface area contributed by atoms with Crippen molar-refractivity contribution in [2.75, 3.05) is 25.5 Å². The minimum absolute atomic E-state index is 0.170. The Morgan fingerprint density at radius 3 is 2.67 bits per heavy atom. The number of pyridine rings is 1. The molecule has 5 rings (SSSR count). The van der Waals surface area contributed by atoms with Crippen LogP contribution >= 0.6 is 0 Å². The Morgan fingerprint density at radius 1 is 1.03 bits per heavy atom. The first-order valence-electron chi connectivity index (χ1n) is 12.3. The molecule has 2 aromatic carbocycles. The van der Waals surface area contributed by atoms with E-state index in [2.05, 4.69) is 34.1 Å². The van der Waals surface area contributed by atoms with Crippen molar-refractivity contribution in [3.05, 3.63) is 94.9 Å². The van der Waals surface area contributed by atoms with Crippen LogP contribution in [-0.2, 0) is 0 Å². The van der Waals surface area contributed by atoms with E-state index in [1.165, 1.54) is 0 Å². The van der Waals surface area contributed by atoms with Crippen LogP contribution in [-0.4, -0.2) is 46.4 Å². The molecule has 6 heteroatoms. The van der Waals surface area contributed by atoms with Gasteiger partial charge in [0.15, 0.2) is 0 Å². The Labute approximate surface area is 211 Å². The smallest absolute Gasteiger partial charge is 0.255 e. The van der Waals surface area contributed by atoms with E-state index >= 15 is 0 Å². The number of likely N-dealkylation sites (tertiary alicyclic amines) is 1. The number of aromatic nitrogens is 2. The van der Waals surface area contributed by atoms with Crippen LogP contribution in [0.5, 0.6) is 5.75 Å². The lowest BCUT2D eigenvalue weighted by Crippen LogP contribution is -2.35. The summed E-state index contributed by atoms with van der Waals surface area (Å²) in [5.74, 6) is 7.11. The van der Waals surface area contributed by atoms with Gasteiger partial charge in [-0.3, -0.25) is 9.20 Å². The van der Waals surface area contributed by atoms with E-state index in [0.29, 0.717) is 5.56 Å². The molecule has 0 spiro atoms. The zero-order chi connectivity index (χ0) is 25.1. The summed E-state index contributed by atoms with van der Waals surface area (Å²) in [5.41, 5.74) is 5.79. The van der Waals surface area contributed by atoms with Crippen molar-refractivity contribution in [1.29, 1.82) is 0 Å². The SMILES string of the molecule is Cc1ccc(C(=O)Nc2ccc(OC3CCN(C)CC3)c(C)c2)cc1C#Cc1cnc2ccccn12. The van der Waals surface area contributed by atoms with E-state index in [-0.39, 0.29) is 12.0 Å². The summed E-state index contributed by atoms with van der Waals surface area (Å²) in [6.07, 6.45) is 6.01. The molecule has 182 valence electrons. The zero-order valence-corrected chi connectivity index (χ0v) is 20.9. The molecule has 0 unspecified atom stereocenters. The van der Waals surface area contributed by atoms with Crippen molar-refractivity contribution in [3.63, 3.8) is 0 Å². The van der Waals surface area contributed by atoms with E-state index in [0.717, 1.165) is 65.4 Å². The van der Waals surface area contributed by atoms with Gasteiger partial charge in [-0.05, 0) is 93.2 Å². The topological polar surface area (TPSA) is 58.9 Å². The number of nitrogens with zero attached hydrogens (tertiary/aromatic N) is 3. The third-order valence-corrected chi connectivity index (χ3v) is 6.63. The summed E-state index contributed by atoms with van der Waals surface area (Å²) in [6.45, 7) is 6.12. The number of carbonyl (C=O) groups is 1. The molecule has 0 atom stereocenters. The highest BCUT2D eigenvalue weighted by molar-refractivity contribution is 6.04. The van der Waals surface area contributed by atoms with E-state index in [1.54, 1.807) is 6.20 Å². The monoisotopic (exact) mass is 478 g/mol. The number of nitrogens with one attached hydrogen (secondary N) is 1. The van der Waals surface area contributed by atoms with Gasteiger partial charge in [0.2, 0.25) is 0 Å². The molecular formula is C30H30N4O2. The molecule has 0 saturated carbocycles. The number of rotatable bonds is 4. The van der Waals surface area contributed by atoms with Crippen LogP contribution in [0, 0.1) is 25.7 Å².